The second-order valence-corrected chi connectivity index (χ2v) is 8.98. The first kappa shape index (κ1) is 17.4. The van der Waals surface area contributed by atoms with E-state index in [0.717, 1.165) is 54.7 Å². The molecule has 1 amide bonds. The summed E-state index contributed by atoms with van der Waals surface area (Å²) in [6, 6.07) is 10.1. The molecule has 2 aliphatic rings. The van der Waals surface area contributed by atoms with E-state index >= 15 is 0 Å². The fourth-order valence-corrected chi connectivity index (χ4v) is 4.47. The maximum atomic E-state index is 12.7. The van der Waals surface area contributed by atoms with Crippen molar-refractivity contribution in [3.63, 3.8) is 0 Å². The van der Waals surface area contributed by atoms with Crippen LogP contribution >= 0.6 is 11.3 Å². The molecule has 2 saturated heterocycles. The molecule has 0 radical (unpaired) electrons. The van der Waals surface area contributed by atoms with Crippen LogP contribution in [0.1, 0.15) is 26.7 Å². The first-order valence-corrected chi connectivity index (χ1v) is 9.96. The maximum Gasteiger partial charge on any atom is 0.240 e. The molecule has 2 N–H and O–H groups in total. The van der Waals surface area contributed by atoms with Gasteiger partial charge in [0.25, 0.3) is 0 Å². The Bertz CT molecular complexity index is 780. The minimum absolute atomic E-state index is 0.0834. The number of rotatable bonds is 2. The lowest BCUT2D eigenvalue weighted by Gasteiger charge is -2.40. The van der Waals surface area contributed by atoms with Crippen LogP contribution in [0, 0.1) is 5.41 Å². The first-order chi connectivity index (χ1) is 12.5. The Morgan fingerprint density at radius 1 is 1.08 bits per heavy atom. The number of carbonyl (C=O) groups is 1. The number of piperidine rings is 1. The van der Waals surface area contributed by atoms with Gasteiger partial charge in [0, 0.05) is 31.7 Å². The Kier molecular flexibility index (Phi) is 4.44. The number of nitrogens with zero attached hydrogens (tertiary/aromatic N) is 3. The highest BCUT2D eigenvalue weighted by atomic mass is 32.1. The Morgan fingerprint density at radius 2 is 1.81 bits per heavy atom. The molecule has 1 aromatic heterocycles. The molecule has 138 valence electrons. The van der Waals surface area contributed by atoms with E-state index in [1.807, 2.05) is 18.2 Å². The molecule has 1 aromatic carbocycles. The summed E-state index contributed by atoms with van der Waals surface area (Å²) in [5.74, 6) is 0.143. The summed E-state index contributed by atoms with van der Waals surface area (Å²) in [5, 5.41) is 17.3. The number of hydrogen-bond acceptors (Lipinski definition) is 6. The molecule has 0 atom stereocenters. The van der Waals surface area contributed by atoms with E-state index in [1.165, 1.54) is 0 Å². The van der Waals surface area contributed by atoms with Gasteiger partial charge in [-0.3, -0.25) is 4.79 Å². The Labute approximate surface area is 158 Å². The molecule has 4 rings (SSSR count). The SMILES string of the molecule is CC1(C)CNC(=O)C2(CCN(c3nnc(-c4ccccc4)s3)CC2)NC1. The summed E-state index contributed by atoms with van der Waals surface area (Å²) in [7, 11) is 0. The second kappa shape index (κ2) is 6.63. The highest BCUT2D eigenvalue weighted by molar-refractivity contribution is 7.18. The lowest BCUT2D eigenvalue weighted by atomic mass is 9.86. The van der Waals surface area contributed by atoms with Crippen LogP contribution in [0.2, 0.25) is 0 Å². The smallest absolute Gasteiger partial charge is 0.240 e. The summed E-state index contributed by atoms with van der Waals surface area (Å²) in [5.41, 5.74) is 0.730. The zero-order valence-corrected chi connectivity index (χ0v) is 16.1. The number of carbonyl (C=O) groups excluding carboxylic acids is 1. The first-order valence-electron chi connectivity index (χ1n) is 9.15. The van der Waals surface area contributed by atoms with Crippen LogP contribution in [-0.4, -0.2) is 47.8 Å². The van der Waals surface area contributed by atoms with Gasteiger partial charge in [0.15, 0.2) is 0 Å². The van der Waals surface area contributed by atoms with Crippen LogP contribution in [-0.2, 0) is 4.79 Å². The number of aromatic nitrogens is 2. The molecule has 26 heavy (non-hydrogen) atoms. The zero-order chi connectivity index (χ0) is 18.2. The van der Waals surface area contributed by atoms with Crippen LogP contribution in [0.4, 0.5) is 5.13 Å². The van der Waals surface area contributed by atoms with E-state index in [2.05, 4.69) is 51.7 Å². The molecule has 0 saturated carbocycles. The van der Waals surface area contributed by atoms with E-state index in [-0.39, 0.29) is 11.3 Å². The summed E-state index contributed by atoms with van der Waals surface area (Å²) in [6.07, 6.45) is 1.57. The van der Waals surface area contributed by atoms with E-state index < -0.39 is 5.54 Å². The maximum absolute atomic E-state index is 12.7. The van der Waals surface area contributed by atoms with Crippen molar-refractivity contribution in [2.24, 2.45) is 5.41 Å². The van der Waals surface area contributed by atoms with Gasteiger partial charge in [0.05, 0.1) is 0 Å². The molecule has 6 nitrogen and oxygen atoms in total. The number of amides is 1. The van der Waals surface area contributed by atoms with Gasteiger partial charge in [-0.15, -0.1) is 10.2 Å². The second-order valence-electron chi connectivity index (χ2n) is 8.03. The third-order valence-electron chi connectivity index (χ3n) is 5.39. The quantitative estimate of drug-likeness (QED) is 0.848. The molecular weight excluding hydrogens is 346 g/mol. The number of benzene rings is 1. The van der Waals surface area contributed by atoms with Gasteiger partial charge in [-0.25, -0.2) is 0 Å². The van der Waals surface area contributed by atoms with Crippen molar-refractivity contribution in [1.82, 2.24) is 20.8 Å². The number of hydrogen-bond donors (Lipinski definition) is 2. The van der Waals surface area contributed by atoms with Crippen LogP contribution in [0.25, 0.3) is 10.6 Å². The molecule has 0 unspecified atom stereocenters. The molecular formula is C19H25N5OS. The van der Waals surface area contributed by atoms with Gasteiger partial charge in [0.1, 0.15) is 10.5 Å². The lowest BCUT2D eigenvalue weighted by molar-refractivity contribution is -0.127. The van der Waals surface area contributed by atoms with Gasteiger partial charge in [-0.1, -0.05) is 55.5 Å². The predicted octanol–water partition coefficient (Wildman–Crippen LogP) is 2.29. The van der Waals surface area contributed by atoms with Crippen molar-refractivity contribution < 1.29 is 4.79 Å². The van der Waals surface area contributed by atoms with Gasteiger partial charge < -0.3 is 15.5 Å². The topological polar surface area (TPSA) is 70.2 Å². The largest absolute Gasteiger partial charge is 0.354 e. The molecule has 2 aliphatic heterocycles. The van der Waals surface area contributed by atoms with E-state index in [4.69, 9.17) is 0 Å². The van der Waals surface area contributed by atoms with Gasteiger partial charge in [-0.2, -0.15) is 0 Å². The fourth-order valence-electron chi connectivity index (χ4n) is 3.56. The molecule has 7 heteroatoms. The average molecular weight is 372 g/mol. The minimum Gasteiger partial charge on any atom is -0.354 e. The third kappa shape index (κ3) is 3.33. The standard InChI is InChI=1S/C19H25N5OS/c1-18(2)12-20-16(25)19(21-13-18)8-10-24(11-9-19)17-23-22-15(26-17)14-6-4-3-5-7-14/h3-7,21H,8-13H2,1-2H3,(H,20,25). The van der Waals surface area contributed by atoms with Gasteiger partial charge >= 0.3 is 0 Å². The molecule has 0 bridgehead atoms. The van der Waals surface area contributed by atoms with Crippen molar-refractivity contribution in [3.05, 3.63) is 30.3 Å². The number of nitrogens with one attached hydrogen (secondary N) is 2. The molecule has 0 aliphatic carbocycles. The van der Waals surface area contributed by atoms with Gasteiger partial charge in [-0.05, 0) is 18.3 Å². The minimum atomic E-state index is -0.447. The van der Waals surface area contributed by atoms with Crippen molar-refractivity contribution in [1.29, 1.82) is 0 Å². The van der Waals surface area contributed by atoms with E-state index in [1.54, 1.807) is 11.3 Å². The van der Waals surface area contributed by atoms with E-state index in [0.29, 0.717) is 0 Å². The molecule has 2 fully saturated rings. The third-order valence-corrected chi connectivity index (χ3v) is 6.42. The summed E-state index contributed by atoms with van der Waals surface area (Å²) < 4.78 is 0. The Hall–Kier alpha value is -1.99. The summed E-state index contributed by atoms with van der Waals surface area (Å²) in [6.45, 7) is 7.56. The summed E-state index contributed by atoms with van der Waals surface area (Å²) in [4.78, 5) is 14.9. The van der Waals surface area contributed by atoms with Gasteiger partial charge in [0.2, 0.25) is 11.0 Å². The molecule has 1 spiro atoms. The van der Waals surface area contributed by atoms with Crippen LogP contribution in [0.5, 0.6) is 0 Å². The molecule has 3 heterocycles. The highest BCUT2D eigenvalue weighted by Gasteiger charge is 2.44. The highest BCUT2D eigenvalue weighted by Crippen LogP contribution is 2.33. The Balaban J connectivity index is 1.45. The van der Waals surface area contributed by atoms with Crippen LogP contribution in [0.3, 0.4) is 0 Å². The van der Waals surface area contributed by atoms with Crippen LogP contribution in [0.15, 0.2) is 30.3 Å². The normalized spacial score (nSPS) is 22.1. The predicted molar refractivity (Wildman–Crippen MR) is 104 cm³/mol. The van der Waals surface area contributed by atoms with Crippen molar-refractivity contribution in [2.75, 3.05) is 31.1 Å². The lowest BCUT2D eigenvalue weighted by Crippen LogP contribution is -2.60. The van der Waals surface area contributed by atoms with Crippen molar-refractivity contribution in [2.45, 2.75) is 32.2 Å². The summed E-state index contributed by atoms with van der Waals surface area (Å²) >= 11 is 1.61. The zero-order valence-electron chi connectivity index (χ0n) is 15.3. The molecule has 2 aromatic rings. The Morgan fingerprint density at radius 3 is 2.54 bits per heavy atom. The van der Waals surface area contributed by atoms with Crippen LogP contribution < -0.4 is 15.5 Å². The van der Waals surface area contributed by atoms with Crippen molar-refractivity contribution >= 4 is 22.4 Å². The number of anilines is 1. The fraction of sp³-hybridized carbons (Fsp3) is 0.526. The monoisotopic (exact) mass is 371 g/mol. The average Bonchev–Trinajstić information content (AvgIpc) is 3.12. The van der Waals surface area contributed by atoms with E-state index in [9.17, 15) is 4.79 Å². The van der Waals surface area contributed by atoms with Crippen molar-refractivity contribution in [3.8, 4) is 10.6 Å².